The molecule has 0 aliphatic rings. The van der Waals surface area contributed by atoms with E-state index in [1.165, 1.54) is 57.8 Å². The number of unbranched alkanes of at least 4 members (excludes halogenated alkanes) is 10. The van der Waals surface area contributed by atoms with E-state index in [1.54, 1.807) is 62.0 Å². The van der Waals surface area contributed by atoms with Crippen molar-refractivity contribution in [1.82, 2.24) is 74.8 Å². The van der Waals surface area contributed by atoms with Crippen LogP contribution in [0.1, 0.15) is 163 Å². The van der Waals surface area contributed by atoms with Crippen LogP contribution in [-0.2, 0) is 0 Å². The Morgan fingerprint density at radius 3 is 0.607 bits per heavy atom. The summed E-state index contributed by atoms with van der Waals surface area (Å²) in [6.07, 6.45) is 40.8. The van der Waals surface area contributed by atoms with Gasteiger partial charge in [0.2, 0.25) is 29.7 Å². The molecule has 0 radical (unpaired) electrons. The van der Waals surface area contributed by atoms with Gasteiger partial charge in [-0.25, -0.2) is 24.9 Å². The number of nitrogens with zero attached hydrogens (tertiary/aromatic N) is 15. The number of hydrogen-bond donors (Lipinski definition) is 15. The maximum atomic E-state index is 6.06. The largest absolute Gasteiger partial charge is 0.384 e. The van der Waals surface area contributed by atoms with Crippen molar-refractivity contribution >= 4 is 200 Å². The first-order valence-corrected chi connectivity index (χ1v) is 51.1. The molecule has 10 heterocycles. The molecule has 0 fully saturated rings. The Bertz CT molecular complexity index is 6130. The fraction of sp³-hybridized carbons (Fsp3) is 0.381. The summed E-state index contributed by atoms with van der Waals surface area (Å²) < 4.78 is 0. The summed E-state index contributed by atoms with van der Waals surface area (Å²) in [5.41, 5.74) is 9.85. The summed E-state index contributed by atoms with van der Waals surface area (Å²) in [6.45, 7) is 23.8. The lowest BCUT2D eigenvalue weighted by molar-refractivity contribution is 0.644. The number of rotatable bonds is 55. The van der Waals surface area contributed by atoms with E-state index in [-0.39, 0.29) is 0 Å². The molecule has 0 aliphatic carbocycles. The lowest BCUT2D eigenvalue weighted by Crippen LogP contribution is -2.11. The Kier molecular flexibility index (Phi) is 48.2. The fourth-order valence-corrected chi connectivity index (χ4v) is 15.4. The van der Waals surface area contributed by atoms with Crippen molar-refractivity contribution in [3.05, 3.63) is 239 Å². The molecule has 140 heavy (non-hydrogen) atoms. The first-order chi connectivity index (χ1) is 68.8. The van der Waals surface area contributed by atoms with Crippen molar-refractivity contribution in [2.45, 2.75) is 163 Å². The van der Waals surface area contributed by atoms with Crippen molar-refractivity contribution in [3.8, 4) is 0 Å². The number of halogens is 5. The normalized spacial score (nSPS) is 10.8. The highest BCUT2D eigenvalue weighted by Gasteiger charge is 2.12. The monoisotopic (exact) mass is 1990 g/mol. The summed E-state index contributed by atoms with van der Waals surface area (Å²) in [5.74, 6) is 7.61. The molecule has 15 N–H and O–H groups in total. The molecule has 35 heteroatoms. The van der Waals surface area contributed by atoms with Crippen LogP contribution in [0.5, 0.6) is 0 Å². The first kappa shape index (κ1) is 107. The van der Waals surface area contributed by atoms with Crippen LogP contribution in [0.25, 0.3) is 54.5 Å². The number of fused-ring (bicyclic) bond motifs is 5. The quantitative estimate of drug-likeness (QED) is 0.0157. The van der Waals surface area contributed by atoms with Crippen LogP contribution in [0.4, 0.5) is 87.3 Å². The van der Waals surface area contributed by atoms with Gasteiger partial charge in [0.25, 0.3) is 0 Å². The zero-order valence-electron chi connectivity index (χ0n) is 81.1. The average Bonchev–Trinajstić information content (AvgIpc) is 0.835. The Labute approximate surface area is 848 Å². The summed E-state index contributed by atoms with van der Waals surface area (Å²) in [5, 5.41) is 59.4. The molecule has 0 saturated carbocycles. The Hall–Kier alpha value is -13.0. The minimum Gasteiger partial charge on any atom is -0.384 e. The van der Waals surface area contributed by atoms with E-state index in [9.17, 15) is 0 Å². The molecule has 0 spiro atoms. The molecule has 0 saturated heterocycles. The topological polar surface area (TPSA) is 374 Å². The molecule has 30 nitrogen and oxygen atoms in total. The van der Waals surface area contributed by atoms with E-state index < -0.39 is 0 Å². The third-order valence-corrected chi connectivity index (χ3v) is 23.1. The molecule has 0 bridgehead atoms. The van der Waals surface area contributed by atoms with Gasteiger partial charge in [0.1, 0.15) is 29.1 Å². The number of nitrogens with one attached hydrogen (secondary N) is 15. The summed E-state index contributed by atoms with van der Waals surface area (Å²) in [7, 11) is 0. The van der Waals surface area contributed by atoms with Gasteiger partial charge >= 0.3 is 0 Å². The number of hydrogen-bond acceptors (Lipinski definition) is 30. The van der Waals surface area contributed by atoms with E-state index in [2.05, 4.69) is 189 Å². The Morgan fingerprint density at radius 2 is 0.364 bits per heavy atom. The first-order valence-electron chi connectivity index (χ1n) is 49.2. The van der Waals surface area contributed by atoms with Gasteiger partial charge in [0.05, 0.1) is 27.6 Å². The van der Waals surface area contributed by atoms with Crippen molar-refractivity contribution < 1.29 is 0 Å². The summed E-state index contributed by atoms with van der Waals surface area (Å²) in [4.78, 5) is 65.6. The minimum absolute atomic E-state index is 0.664. The van der Waals surface area contributed by atoms with Crippen LogP contribution in [0.15, 0.2) is 214 Å². The molecule has 0 atom stereocenters. The fourth-order valence-electron chi connectivity index (χ4n) is 14.6. The maximum absolute atomic E-state index is 6.06. The van der Waals surface area contributed by atoms with Crippen molar-refractivity contribution in [1.29, 1.82) is 0 Å². The highest BCUT2D eigenvalue weighted by Crippen LogP contribution is 2.31. The highest BCUT2D eigenvalue weighted by atomic mass is 35.5. The predicted octanol–water partition coefficient (Wildman–Crippen LogP) is 26.0. The SMILES string of the molecule is CCCCCCCNc1nccc(NCCCNc2ccnc3cc(Cl)ccc23)n1.CCCCCCNc1nccc(NCCCNc2ccnc3cc(Cl)ccc23)n1.CCCCCNc1nccc(NCCCNc2ccnc3cc(Cl)ccc23)n1.CCCCNc1nccc(NCCCNc2ccnc3cc(Cl)ccc23)n1.CCCNc1nccc(NCCCNc2ccnc3cc(Cl)ccc23)n1. The van der Waals surface area contributed by atoms with Gasteiger partial charge in [-0.15, -0.1) is 0 Å². The van der Waals surface area contributed by atoms with E-state index in [4.69, 9.17) is 58.0 Å². The molecule has 15 rings (SSSR count). The second-order valence-corrected chi connectivity index (χ2v) is 35.3. The number of anilines is 15. The van der Waals surface area contributed by atoms with Gasteiger partial charge in [-0.2, -0.15) is 24.9 Å². The number of benzene rings is 5. The van der Waals surface area contributed by atoms with Crippen LogP contribution in [0.3, 0.4) is 0 Å². The van der Waals surface area contributed by atoms with Crippen LogP contribution >= 0.6 is 58.0 Å². The van der Waals surface area contributed by atoms with Crippen LogP contribution in [-0.4, -0.2) is 173 Å². The van der Waals surface area contributed by atoms with Gasteiger partial charge in [0, 0.05) is 241 Å². The second kappa shape index (κ2) is 62.8. The van der Waals surface area contributed by atoms with E-state index in [0.29, 0.717) is 54.9 Å². The summed E-state index contributed by atoms with van der Waals surface area (Å²) >= 11 is 30.2. The lowest BCUT2D eigenvalue weighted by Gasteiger charge is -2.11. The van der Waals surface area contributed by atoms with Crippen molar-refractivity contribution in [2.75, 3.05) is 178 Å². The van der Waals surface area contributed by atoms with Crippen molar-refractivity contribution in [2.24, 2.45) is 0 Å². The van der Waals surface area contributed by atoms with E-state index in [0.717, 1.165) is 281 Å². The molecule has 5 aromatic carbocycles. The summed E-state index contributed by atoms with van der Waals surface area (Å²) in [6, 6.07) is 48.3. The molecule has 10 aromatic heterocycles. The Morgan fingerprint density at radius 1 is 0.171 bits per heavy atom. The van der Waals surface area contributed by atoms with Crippen molar-refractivity contribution in [3.63, 3.8) is 0 Å². The molecular weight excluding hydrogens is 1860 g/mol. The second-order valence-electron chi connectivity index (χ2n) is 33.1. The van der Waals surface area contributed by atoms with Gasteiger partial charge in [-0.05, 0) is 216 Å². The van der Waals surface area contributed by atoms with Crippen LogP contribution in [0, 0.1) is 0 Å². The zero-order valence-corrected chi connectivity index (χ0v) is 84.8. The minimum atomic E-state index is 0.664. The molecule has 0 unspecified atom stereocenters. The zero-order chi connectivity index (χ0) is 98.0. The third-order valence-electron chi connectivity index (χ3n) is 22.0. The smallest absolute Gasteiger partial charge is 0.224 e. The third kappa shape index (κ3) is 39.0. The standard InChI is InChI=1S/C23H31ClN6.C22H29ClN6.C21H27ClN6.C20H25ClN6.C19H23ClN6/c1-2-3-4-5-6-12-28-23-29-16-11-22(30-23)27-14-7-13-25-20-10-15-26-21-17-18(24)8-9-19(20)21;1-2-3-4-5-11-27-22-28-15-10-21(29-22)26-13-6-12-24-19-9-14-25-20-16-17(23)7-8-18(19)20;1-2-3-4-10-26-21-27-14-9-20(28-21)25-12-5-11-23-18-8-13-24-19-15-16(22)6-7-17(18)19;1-2-3-9-25-20-26-13-8-19(27-20)24-11-4-10-22-17-7-12-23-18-14-15(21)5-6-16(17)18;1-2-8-24-19-25-12-7-18(26-19)23-10-3-9-21-16-6-11-22-17-13-14(20)4-5-15(16)17/h8-11,15-17H,2-7,12-14H2,1H3,(H,25,26)(H2,27,28,29,30);7-10,14-16H,2-6,11-13H2,1H3,(H,24,25)(H2,26,27,28,29);6-9,13-15H,2-5,10-12H2,1H3,(H,23,24)(H2,25,26,27,28);5-8,12-14H,2-4,9-11H2,1H3,(H,22,23)(H2,24,25,26,27);4-7,11-13H,2-3,8-10H2,1H3,(H,21,22)(H2,23,24,25,26). The highest BCUT2D eigenvalue weighted by molar-refractivity contribution is 6.33. The average molecular weight is 1990 g/mol. The lowest BCUT2D eigenvalue weighted by atomic mass is 10.1. The molecular formula is C105H135Cl5N30. The van der Waals surface area contributed by atoms with E-state index in [1.807, 2.05) is 152 Å². The van der Waals surface area contributed by atoms with E-state index >= 15 is 0 Å². The molecule has 0 amide bonds. The van der Waals surface area contributed by atoms with Crippen LogP contribution < -0.4 is 79.8 Å². The molecule has 740 valence electrons. The van der Waals surface area contributed by atoms with Gasteiger partial charge in [-0.1, -0.05) is 157 Å². The maximum Gasteiger partial charge on any atom is 0.224 e. The molecule has 15 aromatic rings. The predicted molar refractivity (Wildman–Crippen MR) is 592 cm³/mol. The van der Waals surface area contributed by atoms with Gasteiger partial charge in [-0.3, -0.25) is 24.9 Å². The van der Waals surface area contributed by atoms with Gasteiger partial charge < -0.3 is 79.8 Å². The van der Waals surface area contributed by atoms with Gasteiger partial charge in [0.15, 0.2) is 0 Å². The molecule has 0 aliphatic heterocycles. The number of pyridine rings is 5. The Balaban J connectivity index is 0.000000168. The van der Waals surface area contributed by atoms with Crippen LogP contribution in [0.2, 0.25) is 25.1 Å². The number of aromatic nitrogens is 15.